The Labute approximate surface area is 60.8 Å². The van der Waals surface area contributed by atoms with Gasteiger partial charge in [-0.2, -0.15) is 0 Å². The van der Waals surface area contributed by atoms with Crippen LogP contribution in [-0.4, -0.2) is 17.9 Å². The van der Waals surface area contributed by atoms with Crippen LogP contribution >= 0.6 is 12.6 Å². The first-order valence-electron chi connectivity index (χ1n) is 2.86. The SMILES string of the molecule is CC/N=C(\[S])CC[C]=O. The molecule has 0 atom stereocenters. The highest BCUT2D eigenvalue weighted by molar-refractivity contribution is 7.97. The van der Waals surface area contributed by atoms with Gasteiger partial charge in [-0.25, -0.2) is 0 Å². The lowest BCUT2D eigenvalue weighted by Gasteiger charge is -1.89. The van der Waals surface area contributed by atoms with Gasteiger partial charge in [0.1, 0.15) is 0 Å². The van der Waals surface area contributed by atoms with Crippen molar-refractivity contribution in [2.45, 2.75) is 19.8 Å². The molecule has 0 aliphatic carbocycles. The molecule has 0 saturated carbocycles. The highest BCUT2D eigenvalue weighted by atomic mass is 32.1. The maximum atomic E-state index is 9.69. The molecule has 2 radical (unpaired) electrons. The zero-order valence-electron chi connectivity index (χ0n) is 5.39. The summed E-state index contributed by atoms with van der Waals surface area (Å²) in [5.74, 6) is 0. The van der Waals surface area contributed by atoms with E-state index in [1.54, 1.807) is 6.29 Å². The van der Waals surface area contributed by atoms with Gasteiger partial charge in [0.2, 0.25) is 0 Å². The number of carbonyl (C=O) groups excluding carboxylic acids is 1. The molecule has 0 amide bonds. The van der Waals surface area contributed by atoms with Gasteiger partial charge in [-0.1, -0.05) is 12.6 Å². The second kappa shape index (κ2) is 5.69. The lowest BCUT2D eigenvalue weighted by Crippen LogP contribution is -1.88. The molecular formula is C6H9NOS. The smallest absolute Gasteiger partial charge is 0.198 e. The van der Waals surface area contributed by atoms with Gasteiger partial charge < -0.3 is 0 Å². The van der Waals surface area contributed by atoms with Crippen molar-refractivity contribution in [3.63, 3.8) is 0 Å². The van der Waals surface area contributed by atoms with Gasteiger partial charge in [-0.3, -0.25) is 9.79 Å². The topological polar surface area (TPSA) is 29.4 Å². The lowest BCUT2D eigenvalue weighted by atomic mass is 10.3. The van der Waals surface area contributed by atoms with Gasteiger partial charge in [0, 0.05) is 19.4 Å². The van der Waals surface area contributed by atoms with Crippen LogP contribution in [0, 0.1) is 0 Å². The fraction of sp³-hybridized carbons (Fsp3) is 0.667. The van der Waals surface area contributed by atoms with Crippen molar-refractivity contribution in [3.05, 3.63) is 0 Å². The summed E-state index contributed by atoms with van der Waals surface area (Å²) in [7, 11) is 0. The highest BCUT2D eigenvalue weighted by Crippen LogP contribution is 1.94. The standard InChI is InChI=1S/C6H9NOS/c1-2-7-6(9)4-3-5-8/h2-4H2,1H3/b7-6-. The van der Waals surface area contributed by atoms with E-state index in [1.807, 2.05) is 6.92 Å². The predicted molar refractivity (Wildman–Crippen MR) is 40.5 cm³/mol. The molecule has 0 saturated heterocycles. The van der Waals surface area contributed by atoms with Crippen LogP contribution in [0.1, 0.15) is 19.8 Å². The van der Waals surface area contributed by atoms with Gasteiger partial charge in [0.25, 0.3) is 0 Å². The summed E-state index contributed by atoms with van der Waals surface area (Å²) >= 11 is 4.77. The van der Waals surface area contributed by atoms with Gasteiger partial charge in [0.05, 0.1) is 5.04 Å². The van der Waals surface area contributed by atoms with Crippen molar-refractivity contribution in [2.24, 2.45) is 4.99 Å². The van der Waals surface area contributed by atoms with Crippen molar-refractivity contribution in [1.29, 1.82) is 0 Å². The first kappa shape index (κ1) is 8.56. The molecule has 0 fully saturated rings. The van der Waals surface area contributed by atoms with Gasteiger partial charge >= 0.3 is 0 Å². The zero-order chi connectivity index (χ0) is 7.11. The van der Waals surface area contributed by atoms with Crippen molar-refractivity contribution in [3.8, 4) is 0 Å². The van der Waals surface area contributed by atoms with E-state index in [9.17, 15) is 4.79 Å². The molecule has 0 bridgehead atoms. The van der Waals surface area contributed by atoms with Crippen molar-refractivity contribution in [2.75, 3.05) is 6.54 Å². The Hall–Kier alpha value is -0.440. The van der Waals surface area contributed by atoms with E-state index in [0.29, 0.717) is 24.4 Å². The molecule has 0 N–H and O–H groups in total. The minimum atomic E-state index is 0.377. The number of hydrogen-bond acceptors (Lipinski definition) is 2. The normalized spacial score (nSPS) is 11.4. The van der Waals surface area contributed by atoms with Crippen LogP contribution in [-0.2, 0) is 4.79 Å². The minimum absolute atomic E-state index is 0.377. The summed E-state index contributed by atoms with van der Waals surface area (Å²) in [5.41, 5.74) is 0. The molecule has 50 valence electrons. The van der Waals surface area contributed by atoms with E-state index in [4.69, 9.17) is 12.6 Å². The minimum Gasteiger partial charge on any atom is -0.291 e. The largest absolute Gasteiger partial charge is 0.291 e. The third-order valence-electron chi connectivity index (χ3n) is 0.775. The monoisotopic (exact) mass is 143 g/mol. The van der Waals surface area contributed by atoms with Crippen LogP contribution in [0.3, 0.4) is 0 Å². The fourth-order valence-electron chi connectivity index (χ4n) is 0.413. The molecule has 0 rings (SSSR count). The molecule has 0 spiro atoms. The van der Waals surface area contributed by atoms with Gasteiger partial charge in [-0.15, -0.1) is 0 Å². The van der Waals surface area contributed by atoms with Crippen LogP contribution in [0.2, 0.25) is 0 Å². The fourth-order valence-corrected chi connectivity index (χ4v) is 0.645. The Bertz CT molecular complexity index is 112. The van der Waals surface area contributed by atoms with E-state index in [-0.39, 0.29) is 0 Å². The number of aliphatic imine (C=N–C) groups is 1. The van der Waals surface area contributed by atoms with E-state index < -0.39 is 0 Å². The maximum Gasteiger partial charge on any atom is 0.198 e. The van der Waals surface area contributed by atoms with Crippen LogP contribution in [0.4, 0.5) is 0 Å². The number of rotatable bonds is 4. The Morgan fingerprint density at radius 3 is 2.89 bits per heavy atom. The number of nitrogens with zero attached hydrogens (tertiary/aromatic N) is 1. The third kappa shape index (κ3) is 5.43. The Morgan fingerprint density at radius 2 is 2.44 bits per heavy atom. The summed E-state index contributed by atoms with van der Waals surface area (Å²) in [6.45, 7) is 2.62. The van der Waals surface area contributed by atoms with Crippen LogP contribution in [0.15, 0.2) is 4.99 Å². The molecule has 0 aromatic carbocycles. The maximum absolute atomic E-state index is 9.69. The molecule has 2 nitrogen and oxygen atoms in total. The van der Waals surface area contributed by atoms with Crippen LogP contribution in [0.5, 0.6) is 0 Å². The summed E-state index contributed by atoms with van der Waals surface area (Å²) in [4.78, 5) is 13.6. The molecule has 0 aromatic rings. The summed E-state index contributed by atoms with van der Waals surface area (Å²) in [5, 5.41) is 0.626. The van der Waals surface area contributed by atoms with Crippen molar-refractivity contribution < 1.29 is 4.79 Å². The third-order valence-corrected chi connectivity index (χ3v) is 1.11. The van der Waals surface area contributed by atoms with Crippen molar-refractivity contribution in [1.82, 2.24) is 0 Å². The van der Waals surface area contributed by atoms with Gasteiger partial charge in [0.15, 0.2) is 6.29 Å². The predicted octanol–water partition coefficient (Wildman–Crippen LogP) is 1.49. The van der Waals surface area contributed by atoms with Crippen molar-refractivity contribution >= 4 is 24.0 Å². The molecule has 0 heterocycles. The quantitative estimate of drug-likeness (QED) is 0.433. The second-order valence-corrected chi connectivity index (χ2v) is 1.98. The van der Waals surface area contributed by atoms with E-state index in [2.05, 4.69) is 4.99 Å². The Kier molecular flexibility index (Phi) is 5.41. The molecule has 0 aliphatic heterocycles. The molecule has 3 heteroatoms. The molecule has 9 heavy (non-hydrogen) atoms. The zero-order valence-corrected chi connectivity index (χ0v) is 6.20. The van der Waals surface area contributed by atoms with Gasteiger partial charge in [-0.05, 0) is 6.92 Å². The van der Waals surface area contributed by atoms with E-state index in [1.165, 1.54) is 0 Å². The average molecular weight is 143 g/mol. The van der Waals surface area contributed by atoms with Crippen LogP contribution in [0.25, 0.3) is 0 Å². The summed E-state index contributed by atoms with van der Waals surface area (Å²) in [6, 6.07) is 0. The molecule has 0 aromatic heterocycles. The lowest BCUT2D eigenvalue weighted by molar-refractivity contribution is 0.552. The van der Waals surface area contributed by atoms with E-state index in [0.717, 1.165) is 0 Å². The van der Waals surface area contributed by atoms with E-state index >= 15 is 0 Å². The first-order chi connectivity index (χ1) is 4.31. The highest BCUT2D eigenvalue weighted by Gasteiger charge is 1.90. The molecule has 0 unspecified atom stereocenters. The molecule has 0 aliphatic rings. The summed E-state index contributed by atoms with van der Waals surface area (Å²) in [6.07, 6.45) is 2.71. The number of hydrogen-bond donors (Lipinski definition) is 0. The Morgan fingerprint density at radius 1 is 1.78 bits per heavy atom. The average Bonchev–Trinajstić information content (AvgIpc) is 1.85. The summed E-state index contributed by atoms with van der Waals surface area (Å²) < 4.78 is 0. The Balaban J connectivity index is 3.36. The molecular weight excluding hydrogens is 134 g/mol. The van der Waals surface area contributed by atoms with Crippen LogP contribution < -0.4 is 0 Å². The first-order valence-corrected chi connectivity index (χ1v) is 3.27. The second-order valence-electron chi connectivity index (χ2n) is 1.51.